The highest BCUT2D eigenvalue weighted by Gasteiger charge is 2.07. The molecule has 2 nitrogen and oxygen atoms in total. The van der Waals surface area contributed by atoms with E-state index < -0.39 is 0 Å². The quantitative estimate of drug-likeness (QED) is 0.793. The van der Waals surface area contributed by atoms with Crippen LogP contribution in [-0.2, 0) is 10.5 Å². The number of halogens is 1. The lowest BCUT2D eigenvalue weighted by atomic mass is 10.1. The van der Waals surface area contributed by atoms with Gasteiger partial charge < -0.3 is 4.74 Å². The Morgan fingerprint density at radius 1 is 1.57 bits per heavy atom. The van der Waals surface area contributed by atoms with Gasteiger partial charge in [-0.1, -0.05) is 15.9 Å². The van der Waals surface area contributed by atoms with Crippen LogP contribution < -0.4 is 0 Å². The van der Waals surface area contributed by atoms with E-state index in [-0.39, 0.29) is 5.97 Å². The molecular formula is C10H11BrO2S. The third-order valence-electron chi connectivity index (χ3n) is 1.77. The van der Waals surface area contributed by atoms with Crippen molar-refractivity contribution in [2.45, 2.75) is 5.75 Å². The van der Waals surface area contributed by atoms with Crippen molar-refractivity contribution in [2.24, 2.45) is 0 Å². The molecule has 0 aliphatic carbocycles. The standard InChI is InChI=1S/C10H11BrO2S/c1-13-10(12)7-3-4-9(11)8(5-7)6-14-2/h3-5H,6H2,1-2H3. The van der Waals surface area contributed by atoms with Crippen LogP contribution >= 0.6 is 27.7 Å². The van der Waals surface area contributed by atoms with Gasteiger partial charge in [0.1, 0.15) is 0 Å². The highest BCUT2D eigenvalue weighted by Crippen LogP contribution is 2.22. The van der Waals surface area contributed by atoms with Crippen molar-refractivity contribution in [2.75, 3.05) is 13.4 Å². The minimum atomic E-state index is -0.292. The topological polar surface area (TPSA) is 26.3 Å². The van der Waals surface area contributed by atoms with Crippen LogP contribution in [0.5, 0.6) is 0 Å². The van der Waals surface area contributed by atoms with E-state index in [1.165, 1.54) is 7.11 Å². The zero-order valence-corrected chi connectivity index (χ0v) is 10.4. The van der Waals surface area contributed by atoms with Gasteiger partial charge in [0.05, 0.1) is 12.7 Å². The summed E-state index contributed by atoms with van der Waals surface area (Å²) >= 11 is 5.15. The van der Waals surface area contributed by atoms with Crippen molar-refractivity contribution < 1.29 is 9.53 Å². The highest BCUT2D eigenvalue weighted by atomic mass is 79.9. The first-order valence-electron chi connectivity index (χ1n) is 4.04. The van der Waals surface area contributed by atoms with Crippen LogP contribution in [0.25, 0.3) is 0 Å². The molecule has 0 spiro atoms. The van der Waals surface area contributed by atoms with E-state index in [4.69, 9.17) is 0 Å². The smallest absolute Gasteiger partial charge is 0.337 e. The number of carbonyl (C=O) groups excluding carboxylic acids is 1. The van der Waals surface area contributed by atoms with E-state index in [1.54, 1.807) is 17.8 Å². The summed E-state index contributed by atoms with van der Waals surface area (Å²) in [5.41, 5.74) is 1.71. The Hall–Kier alpha value is -0.480. The Kier molecular flexibility index (Phi) is 4.48. The lowest BCUT2D eigenvalue weighted by Crippen LogP contribution is -2.01. The Morgan fingerprint density at radius 3 is 2.86 bits per heavy atom. The number of hydrogen-bond donors (Lipinski definition) is 0. The third-order valence-corrected chi connectivity index (χ3v) is 3.14. The molecule has 0 heterocycles. The molecule has 0 atom stereocenters. The van der Waals surface area contributed by atoms with Gasteiger partial charge in [0.15, 0.2) is 0 Å². The Labute approximate surface area is 96.2 Å². The molecule has 76 valence electrons. The van der Waals surface area contributed by atoms with Crippen LogP contribution in [-0.4, -0.2) is 19.3 Å². The summed E-state index contributed by atoms with van der Waals surface area (Å²) in [5.74, 6) is 0.589. The molecule has 0 amide bonds. The Morgan fingerprint density at radius 2 is 2.29 bits per heavy atom. The van der Waals surface area contributed by atoms with Gasteiger partial charge in [0.2, 0.25) is 0 Å². The van der Waals surface area contributed by atoms with Crippen LogP contribution in [0.1, 0.15) is 15.9 Å². The molecule has 1 aromatic rings. The lowest BCUT2D eigenvalue weighted by molar-refractivity contribution is 0.0600. The molecule has 0 radical (unpaired) electrons. The summed E-state index contributed by atoms with van der Waals surface area (Å²) in [4.78, 5) is 11.2. The molecule has 14 heavy (non-hydrogen) atoms. The number of hydrogen-bond acceptors (Lipinski definition) is 3. The number of methoxy groups -OCH3 is 1. The molecule has 0 aliphatic heterocycles. The molecule has 0 bridgehead atoms. The summed E-state index contributed by atoms with van der Waals surface area (Å²) in [6.07, 6.45) is 2.03. The van der Waals surface area contributed by atoms with Crippen molar-refractivity contribution in [3.05, 3.63) is 33.8 Å². The lowest BCUT2D eigenvalue weighted by Gasteiger charge is -2.05. The number of ether oxygens (including phenoxy) is 1. The first-order valence-corrected chi connectivity index (χ1v) is 6.23. The van der Waals surface area contributed by atoms with Crippen LogP contribution in [0.15, 0.2) is 22.7 Å². The third kappa shape index (κ3) is 2.75. The fourth-order valence-corrected chi connectivity index (χ4v) is 2.21. The zero-order chi connectivity index (χ0) is 10.6. The number of esters is 1. The average molecular weight is 275 g/mol. The minimum Gasteiger partial charge on any atom is -0.465 e. The average Bonchev–Trinajstić information content (AvgIpc) is 2.20. The van der Waals surface area contributed by atoms with E-state index in [0.717, 1.165) is 15.8 Å². The van der Waals surface area contributed by atoms with E-state index in [2.05, 4.69) is 20.7 Å². The molecule has 0 N–H and O–H groups in total. The van der Waals surface area contributed by atoms with E-state index >= 15 is 0 Å². The molecule has 1 aromatic carbocycles. The molecule has 4 heteroatoms. The normalized spacial score (nSPS) is 9.93. The Balaban J connectivity index is 2.99. The van der Waals surface area contributed by atoms with Crippen LogP contribution in [0, 0.1) is 0 Å². The summed E-state index contributed by atoms with van der Waals surface area (Å²) in [5, 5.41) is 0. The van der Waals surface area contributed by atoms with Gasteiger partial charge in [-0.05, 0) is 30.0 Å². The zero-order valence-electron chi connectivity index (χ0n) is 8.04. The van der Waals surface area contributed by atoms with Gasteiger partial charge in [0, 0.05) is 10.2 Å². The number of rotatable bonds is 3. The van der Waals surface area contributed by atoms with Crippen LogP contribution in [0.2, 0.25) is 0 Å². The molecule has 0 unspecified atom stereocenters. The number of benzene rings is 1. The maximum atomic E-state index is 11.2. The fraction of sp³-hybridized carbons (Fsp3) is 0.300. The largest absolute Gasteiger partial charge is 0.465 e. The van der Waals surface area contributed by atoms with Gasteiger partial charge in [-0.15, -0.1) is 0 Å². The fourth-order valence-electron chi connectivity index (χ4n) is 1.09. The number of thioether (sulfide) groups is 1. The van der Waals surface area contributed by atoms with Gasteiger partial charge in [-0.3, -0.25) is 0 Å². The molecule has 0 saturated heterocycles. The second kappa shape index (κ2) is 5.41. The van der Waals surface area contributed by atoms with Crippen LogP contribution in [0.3, 0.4) is 0 Å². The molecule has 1 rings (SSSR count). The molecule has 0 fully saturated rings. The molecule has 0 aliphatic rings. The van der Waals surface area contributed by atoms with Crippen molar-refractivity contribution >= 4 is 33.7 Å². The van der Waals surface area contributed by atoms with Gasteiger partial charge in [-0.2, -0.15) is 11.8 Å². The summed E-state index contributed by atoms with van der Waals surface area (Å²) in [7, 11) is 1.39. The van der Waals surface area contributed by atoms with Crippen molar-refractivity contribution in [3.8, 4) is 0 Å². The van der Waals surface area contributed by atoms with E-state index in [9.17, 15) is 4.79 Å². The van der Waals surface area contributed by atoms with E-state index in [1.807, 2.05) is 18.4 Å². The predicted molar refractivity (Wildman–Crippen MR) is 62.7 cm³/mol. The summed E-state index contributed by atoms with van der Waals surface area (Å²) in [6, 6.07) is 5.48. The number of carbonyl (C=O) groups is 1. The van der Waals surface area contributed by atoms with Gasteiger partial charge in [0.25, 0.3) is 0 Å². The molecule has 0 aromatic heterocycles. The Bertz CT molecular complexity index is 339. The van der Waals surface area contributed by atoms with Crippen LogP contribution in [0.4, 0.5) is 0 Å². The summed E-state index contributed by atoms with van der Waals surface area (Å²) < 4.78 is 5.68. The predicted octanol–water partition coefficient (Wildman–Crippen LogP) is 3.10. The maximum Gasteiger partial charge on any atom is 0.337 e. The SMILES string of the molecule is COC(=O)c1ccc(Br)c(CSC)c1. The first kappa shape index (κ1) is 11.6. The minimum absolute atomic E-state index is 0.292. The van der Waals surface area contributed by atoms with Crippen molar-refractivity contribution in [1.82, 2.24) is 0 Å². The maximum absolute atomic E-state index is 11.2. The first-order chi connectivity index (χ1) is 6.69. The molecular weight excluding hydrogens is 264 g/mol. The van der Waals surface area contributed by atoms with Crippen molar-refractivity contribution in [1.29, 1.82) is 0 Å². The molecule has 0 saturated carbocycles. The highest BCUT2D eigenvalue weighted by molar-refractivity contribution is 9.10. The van der Waals surface area contributed by atoms with Crippen molar-refractivity contribution in [3.63, 3.8) is 0 Å². The summed E-state index contributed by atoms with van der Waals surface area (Å²) in [6.45, 7) is 0. The second-order valence-electron chi connectivity index (χ2n) is 2.73. The van der Waals surface area contributed by atoms with Gasteiger partial charge >= 0.3 is 5.97 Å². The monoisotopic (exact) mass is 274 g/mol. The second-order valence-corrected chi connectivity index (χ2v) is 4.45. The van der Waals surface area contributed by atoms with E-state index in [0.29, 0.717) is 5.56 Å². The van der Waals surface area contributed by atoms with Gasteiger partial charge in [-0.25, -0.2) is 4.79 Å².